The molecule has 0 fully saturated rings. The van der Waals surface area contributed by atoms with Gasteiger partial charge < -0.3 is 15.2 Å². The summed E-state index contributed by atoms with van der Waals surface area (Å²) in [5.74, 6) is -0.691. The molecule has 0 bridgehead atoms. The zero-order chi connectivity index (χ0) is 18.7. The second kappa shape index (κ2) is 7.18. The molecule has 2 amide bonds. The fourth-order valence-electron chi connectivity index (χ4n) is 2.30. The Labute approximate surface area is 149 Å². The minimum atomic E-state index is -0.458. The van der Waals surface area contributed by atoms with E-state index in [2.05, 4.69) is 15.8 Å². The Morgan fingerprint density at radius 1 is 1.00 bits per heavy atom. The highest BCUT2D eigenvalue weighted by molar-refractivity contribution is 6.03. The molecule has 7 heteroatoms. The molecule has 0 aliphatic heterocycles. The first kappa shape index (κ1) is 17.3. The van der Waals surface area contributed by atoms with Crippen LogP contribution in [0.25, 0.3) is 11.3 Å². The fourth-order valence-corrected chi connectivity index (χ4v) is 2.30. The third kappa shape index (κ3) is 3.94. The third-order valence-corrected chi connectivity index (χ3v) is 3.66. The first-order valence-electron chi connectivity index (χ1n) is 7.84. The number of nitrogens with one attached hydrogen (secondary N) is 2. The predicted molar refractivity (Wildman–Crippen MR) is 95.3 cm³/mol. The normalized spacial score (nSPS) is 10.4. The number of amides is 2. The average molecular weight is 353 g/mol. The van der Waals surface area contributed by atoms with E-state index in [1.165, 1.54) is 19.1 Å². The number of anilines is 2. The Morgan fingerprint density at radius 3 is 2.27 bits per heavy atom. The summed E-state index contributed by atoms with van der Waals surface area (Å²) in [5.41, 5.74) is 2.26. The first-order chi connectivity index (χ1) is 12.4. The minimum Gasteiger partial charge on any atom is -0.355 e. The molecule has 0 spiro atoms. The third-order valence-electron chi connectivity index (χ3n) is 3.66. The largest absolute Gasteiger partial charge is 0.355 e. The topological polar surface area (TPSA) is 84.2 Å². The van der Waals surface area contributed by atoms with Crippen molar-refractivity contribution < 1.29 is 18.5 Å². The van der Waals surface area contributed by atoms with Gasteiger partial charge in [-0.05, 0) is 42.8 Å². The van der Waals surface area contributed by atoms with Crippen LogP contribution in [0.5, 0.6) is 0 Å². The van der Waals surface area contributed by atoms with Gasteiger partial charge >= 0.3 is 0 Å². The molecule has 0 aliphatic carbocycles. The highest BCUT2D eigenvalue weighted by Gasteiger charge is 2.15. The number of rotatable bonds is 4. The molecule has 2 N–H and O–H groups in total. The summed E-state index contributed by atoms with van der Waals surface area (Å²) in [7, 11) is 0. The van der Waals surface area contributed by atoms with Crippen molar-refractivity contribution in [3.05, 3.63) is 65.6 Å². The lowest BCUT2D eigenvalue weighted by Crippen LogP contribution is -2.12. The standard InChI is InChI=1S/C19H16FN3O3/c1-11-3-4-13(9-16(11)20)18-10-17(23-26-18)19(25)22-15-7-5-14(6-8-15)21-12(2)24/h3-10H,1-2H3,(H,21,24)(H,22,25). The fraction of sp³-hybridized carbons (Fsp3) is 0.105. The van der Waals surface area contributed by atoms with Crippen molar-refractivity contribution in [3.63, 3.8) is 0 Å². The van der Waals surface area contributed by atoms with Crippen LogP contribution in [0.3, 0.4) is 0 Å². The summed E-state index contributed by atoms with van der Waals surface area (Å²) in [4.78, 5) is 23.3. The maximum Gasteiger partial charge on any atom is 0.277 e. The Balaban J connectivity index is 1.71. The SMILES string of the molecule is CC(=O)Nc1ccc(NC(=O)c2cc(-c3ccc(C)c(F)c3)on2)cc1. The smallest absolute Gasteiger partial charge is 0.277 e. The number of halogens is 1. The average Bonchev–Trinajstić information content (AvgIpc) is 3.09. The maximum absolute atomic E-state index is 13.7. The van der Waals surface area contributed by atoms with E-state index in [1.54, 1.807) is 43.3 Å². The van der Waals surface area contributed by atoms with Gasteiger partial charge in [0.15, 0.2) is 11.5 Å². The van der Waals surface area contributed by atoms with Gasteiger partial charge in [-0.3, -0.25) is 9.59 Å². The lowest BCUT2D eigenvalue weighted by atomic mass is 10.1. The van der Waals surface area contributed by atoms with Crippen molar-refractivity contribution in [1.82, 2.24) is 5.16 Å². The second-order valence-electron chi connectivity index (χ2n) is 5.75. The van der Waals surface area contributed by atoms with Crippen LogP contribution in [0.1, 0.15) is 23.0 Å². The van der Waals surface area contributed by atoms with Gasteiger partial charge in [-0.1, -0.05) is 17.3 Å². The zero-order valence-corrected chi connectivity index (χ0v) is 14.2. The Kier molecular flexibility index (Phi) is 4.79. The first-order valence-corrected chi connectivity index (χ1v) is 7.84. The van der Waals surface area contributed by atoms with Crippen LogP contribution in [0.4, 0.5) is 15.8 Å². The molecule has 6 nitrogen and oxygen atoms in total. The van der Waals surface area contributed by atoms with Gasteiger partial charge in [0.2, 0.25) is 5.91 Å². The number of nitrogens with zero attached hydrogens (tertiary/aromatic N) is 1. The van der Waals surface area contributed by atoms with E-state index in [1.807, 2.05) is 0 Å². The quantitative estimate of drug-likeness (QED) is 0.742. The van der Waals surface area contributed by atoms with E-state index < -0.39 is 5.91 Å². The van der Waals surface area contributed by atoms with Crippen LogP contribution in [-0.2, 0) is 4.79 Å². The highest BCUT2D eigenvalue weighted by Crippen LogP contribution is 2.23. The van der Waals surface area contributed by atoms with Crippen molar-refractivity contribution in [2.24, 2.45) is 0 Å². The van der Waals surface area contributed by atoms with Crippen LogP contribution < -0.4 is 10.6 Å². The van der Waals surface area contributed by atoms with Crippen molar-refractivity contribution >= 4 is 23.2 Å². The van der Waals surface area contributed by atoms with E-state index in [4.69, 9.17) is 4.52 Å². The lowest BCUT2D eigenvalue weighted by Gasteiger charge is -2.05. The molecule has 3 rings (SSSR count). The van der Waals surface area contributed by atoms with Crippen LogP contribution in [0.2, 0.25) is 0 Å². The number of carbonyl (C=O) groups is 2. The maximum atomic E-state index is 13.7. The van der Waals surface area contributed by atoms with Gasteiger partial charge in [-0.25, -0.2) is 4.39 Å². The van der Waals surface area contributed by atoms with Gasteiger partial charge in [0, 0.05) is 29.9 Å². The van der Waals surface area contributed by atoms with E-state index >= 15 is 0 Å². The van der Waals surface area contributed by atoms with Crippen LogP contribution in [-0.4, -0.2) is 17.0 Å². The summed E-state index contributed by atoms with van der Waals surface area (Å²) >= 11 is 0. The van der Waals surface area contributed by atoms with Crippen molar-refractivity contribution in [2.75, 3.05) is 10.6 Å². The molecule has 0 unspecified atom stereocenters. The number of carbonyl (C=O) groups excluding carboxylic acids is 2. The summed E-state index contributed by atoms with van der Waals surface area (Å²) in [6, 6.07) is 12.7. The summed E-state index contributed by atoms with van der Waals surface area (Å²) in [6.45, 7) is 3.08. The molecule has 3 aromatic rings. The Bertz CT molecular complexity index is 964. The van der Waals surface area contributed by atoms with Crippen LogP contribution in [0.15, 0.2) is 53.1 Å². The molecule has 0 saturated heterocycles. The van der Waals surface area contributed by atoms with Crippen molar-refractivity contribution in [2.45, 2.75) is 13.8 Å². The van der Waals surface area contributed by atoms with Gasteiger partial charge in [0.25, 0.3) is 5.91 Å². The monoisotopic (exact) mass is 353 g/mol. The number of hydrogen-bond acceptors (Lipinski definition) is 4. The number of benzene rings is 2. The summed E-state index contributed by atoms with van der Waals surface area (Å²) < 4.78 is 18.8. The van der Waals surface area contributed by atoms with Crippen molar-refractivity contribution in [1.29, 1.82) is 0 Å². The summed E-state index contributed by atoms with van der Waals surface area (Å²) in [6.07, 6.45) is 0. The van der Waals surface area contributed by atoms with Gasteiger partial charge in [-0.2, -0.15) is 0 Å². The van der Waals surface area contributed by atoms with Gasteiger partial charge in [0.1, 0.15) is 5.82 Å². The Morgan fingerprint density at radius 2 is 1.65 bits per heavy atom. The molecular formula is C19H16FN3O3. The zero-order valence-electron chi connectivity index (χ0n) is 14.2. The van der Waals surface area contributed by atoms with E-state index in [0.717, 1.165) is 0 Å². The Hall–Kier alpha value is -3.48. The summed E-state index contributed by atoms with van der Waals surface area (Å²) in [5, 5.41) is 9.04. The molecule has 0 atom stereocenters. The molecule has 1 aromatic heterocycles. The number of aromatic nitrogens is 1. The molecule has 0 aliphatic rings. The van der Waals surface area contributed by atoms with E-state index in [0.29, 0.717) is 28.3 Å². The molecule has 132 valence electrons. The number of hydrogen-bond donors (Lipinski definition) is 2. The van der Waals surface area contributed by atoms with Crippen LogP contribution in [0, 0.1) is 12.7 Å². The van der Waals surface area contributed by atoms with Crippen LogP contribution >= 0.6 is 0 Å². The second-order valence-corrected chi connectivity index (χ2v) is 5.75. The highest BCUT2D eigenvalue weighted by atomic mass is 19.1. The molecule has 2 aromatic carbocycles. The molecular weight excluding hydrogens is 337 g/mol. The minimum absolute atomic E-state index is 0.0759. The molecule has 0 saturated carbocycles. The van der Waals surface area contributed by atoms with E-state index in [9.17, 15) is 14.0 Å². The molecule has 1 heterocycles. The molecule has 26 heavy (non-hydrogen) atoms. The lowest BCUT2D eigenvalue weighted by molar-refractivity contribution is -0.114. The van der Waals surface area contributed by atoms with Gasteiger partial charge in [0.05, 0.1) is 0 Å². The van der Waals surface area contributed by atoms with Gasteiger partial charge in [-0.15, -0.1) is 0 Å². The predicted octanol–water partition coefficient (Wildman–Crippen LogP) is 4.00. The van der Waals surface area contributed by atoms with E-state index in [-0.39, 0.29) is 17.4 Å². The molecule has 0 radical (unpaired) electrons. The van der Waals surface area contributed by atoms with Crippen molar-refractivity contribution in [3.8, 4) is 11.3 Å². The number of aryl methyl sites for hydroxylation is 1.